The third-order valence-electron chi connectivity index (χ3n) is 5.43. The molecule has 0 saturated carbocycles. The minimum Gasteiger partial charge on any atom is -0.483 e. The standard InChI is InChI=1S/C23H29N3O3/c1-23(2)15-17-5-4-6-20(22(17)29-23)28-16-21(27)24-18-7-9-19(10-8-18)26-13-11-25(3)12-14-26/h4-10H,11-16H2,1-3H3,(H,24,27). The molecule has 2 aliphatic rings. The van der Waals surface area contributed by atoms with Gasteiger partial charge in [0.1, 0.15) is 5.60 Å². The maximum atomic E-state index is 12.3. The van der Waals surface area contributed by atoms with Crippen LogP contribution in [0.4, 0.5) is 11.4 Å². The second-order valence-electron chi connectivity index (χ2n) is 8.46. The highest BCUT2D eigenvalue weighted by Gasteiger charge is 2.32. The zero-order chi connectivity index (χ0) is 20.4. The van der Waals surface area contributed by atoms with Crippen molar-refractivity contribution < 1.29 is 14.3 Å². The number of piperazine rings is 1. The van der Waals surface area contributed by atoms with Crippen LogP contribution in [-0.4, -0.2) is 56.2 Å². The maximum Gasteiger partial charge on any atom is 0.262 e. The van der Waals surface area contributed by atoms with Gasteiger partial charge in [0.15, 0.2) is 18.1 Å². The van der Waals surface area contributed by atoms with Crippen molar-refractivity contribution in [2.45, 2.75) is 25.9 Å². The van der Waals surface area contributed by atoms with Crippen LogP contribution in [0.2, 0.25) is 0 Å². The lowest BCUT2D eigenvalue weighted by Crippen LogP contribution is -2.44. The molecule has 2 aromatic rings. The van der Waals surface area contributed by atoms with Gasteiger partial charge >= 0.3 is 0 Å². The van der Waals surface area contributed by atoms with Gasteiger partial charge in [-0.25, -0.2) is 0 Å². The third-order valence-corrected chi connectivity index (χ3v) is 5.43. The van der Waals surface area contributed by atoms with Gasteiger partial charge in [-0.05, 0) is 51.2 Å². The van der Waals surface area contributed by atoms with E-state index in [0.717, 1.165) is 49.6 Å². The van der Waals surface area contributed by atoms with Crippen LogP contribution in [0.3, 0.4) is 0 Å². The van der Waals surface area contributed by atoms with E-state index in [9.17, 15) is 4.79 Å². The number of amides is 1. The molecule has 0 spiro atoms. The molecule has 6 heteroatoms. The topological polar surface area (TPSA) is 54.0 Å². The predicted octanol–water partition coefficient (Wildman–Crippen LogP) is 3.17. The number of carbonyl (C=O) groups excluding carboxylic acids is 1. The van der Waals surface area contributed by atoms with Crippen LogP contribution in [0.25, 0.3) is 0 Å². The van der Waals surface area contributed by atoms with Crippen LogP contribution in [0.1, 0.15) is 19.4 Å². The molecule has 1 saturated heterocycles. The van der Waals surface area contributed by atoms with Gasteiger partial charge in [0, 0.05) is 49.5 Å². The van der Waals surface area contributed by atoms with Crippen molar-refractivity contribution in [3.63, 3.8) is 0 Å². The fraction of sp³-hybridized carbons (Fsp3) is 0.435. The number of nitrogens with one attached hydrogen (secondary N) is 1. The highest BCUT2D eigenvalue weighted by molar-refractivity contribution is 5.92. The normalized spacial score (nSPS) is 18.1. The monoisotopic (exact) mass is 395 g/mol. The minimum atomic E-state index is -0.241. The van der Waals surface area contributed by atoms with Crippen molar-refractivity contribution in [1.29, 1.82) is 0 Å². The van der Waals surface area contributed by atoms with Crippen molar-refractivity contribution in [3.05, 3.63) is 48.0 Å². The summed E-state index contributed by atoms with van der Waals surface area (Å²) in [6.07, 6.45) is 0.839. The minimum absolute atomic E-state index is 0.0551. The zero-order valence-corrected chi connectivity index (χ0v) is 17.4. The van der Waals surface area contributed by atoms with E-state index < -0.39 is 0 Å². The highest BCUT2D eigenvalue weighted by Crippen LogP contribution is 2.41. The number of para-hydroxylation sites is 1. The molecule has 0 radical (unpaired) electrons. The molecule has 4 rings (SSSR count). The number of anilines is 2. The average molecular weight is 396 g/mol. The molecule has 1 amide bonds. The van der Waals surface area contributed by atoms with Gasteiger partial charge in [-0.15, -0.1) is 0 Å². The fourth-order valence-electron chi connectivity index (χ4n) is 3.86. The second-order valence-corrected chi connectivity index (χ2v) is 8.46. The van der Waals surface area contributed by atoms with E-state index in [1.54, 1.807) is 0 Å². The summed E-state index contributed by atoms with van der Waals surface area (Å²) in [5, 5.41) is 2.90. The third kappa shape index (κ3) is 4.65. The molecule has 2 aromatic carbocycles. The maximum absolute atomic E-state index is 12.3. The van der Waals surface area contributed by atoms with E-state index in [1.165, 1.54) is 5.69 Å². The molecule has 1 fully saturated rings. The Morgan fingerprint density at radius 3 is 2.55 bits per heavy atom. The Morgan fingerprint density at radius 2 is 1.83 bits per heavy atom. The first kappa shape index (κ1) is 19.6. The first-order chi connectivity index (χ1) is 13.9. The van der Waals surface area contributed by atoms with Crippen LogP contribution < -0.4 is 19.7 Å². The van der Waals surface area contributed by atoms with E-state index in [-0.39, 0.29) is 18.1 Å². The molecule has 2 heterocycles. The molecule has 6 nitrogen and oxygen atoms in total. The lowest BCUT2D eigenvalue weighted by molar-refractivity contribution is -0.118. The van der Waals surface area contributed by atoms with Gasteiger partial charge in [0.05, 0.1) is 0 Å². The molecule has 0 aliphatic carbocycles. The van der Waals surface area contributed by atoms with Crippen molar-refractivity contribution >= 4 is 17.3 Å². The summed E-state index contributed by atoms with van der Waals surface area (Å²) >= 11 is 0. The van der Waals surface area contributed by atoms with Gasteiger partial charge in [-0.3, -0.25) is 4.79 Å². The molecule has 29 heavy (non-hydrogen) atoms. The van der Waals surface area contributed by atoms with Gasteiger partial charge in [-0.1, -0.05) is 12.1 Å². The molecular weight excluding hydrogens is 366 g/mol. The summed E-state index contributed by atoms with van der Waals surface area (Å²) in [6.45, 7) is 8.23. The van der Waals surface area contributed by atoms with E-state index >= 15 is 0 Å². The zero-order valence-electron chi connectivity index (χ0n) is 17.4. The molecule has 0 atom stereocenters. The molecule has 2 aliphatic heterocycles. The Balaban J connectivity index is 1.31. The first-order valence-corrected chi connectivity index (χ1v) is 10.2. The number of nitrogens with zero attached hydrogens (tertiary/aromatic N) is 2. The molecule has 0 bridgehead atoms. The molecule has 154 valence electrons. The van der Waals surface area contributed by atoms with Crippen molar-refractivity contribution in [2.24, 2.45) is 0 Å². The van der Waals surface area contributed by atoms with E-state index in [1.807, 2.05) is 30.3 Å². The molecule has 0 aromatic heterocycles. The van der Waals surface area contributed by atoms with Crippen LogP contribution in [0.5, 0.6) is 11.5 Å². The number of hydrogen-bond donors (Lipinski definition) is 1. The van der Waals surface area contributed by atoms with Crippen LogP contribution in [0, 0.1) is 0 Å². The predicted molar refractivity (Wildman–Crippen MR) is 115 cm³/mol. The summed E-state index contributed by atoms with van der Waals surface area (Å²) < 4.78 is 11.7. The molecular formula is C23H29N3O3. The number of carbonyl (C=O) groups is 1. The number of benzene rings is 2. The molecule has 1 N–H and O–H groups in total. The smallest absolute Gasteiger partial charge is 0.262 e. The average Bonchev–Trinajstić information content (AvgIpc) is 3.02. The number of likely N-dealkylation sites (N-methyl/N-ethyl adjacent to an activating group) is 1. The summed E-state index contributed by atoms with van der Waals surface area (Å²) in [4.78, 5) is 17.0. The number of fused-ring (bicyclic) bond motifs is 1. The Bertz CT molecular complexity index is 871. The van der Waals surface area contributed by atoms with Crippen LogP contribution in [-0.2, 0) is 11.2 Å². The summed E-state index contributed by atoms with van der Waals surface area (Å²) in [7, 11) is 2.15. The fourth-order valence-corrected chi connectivity index (χ4v) is 3.86. The number of rotatable bonds is 5. The first-order valence-electron chi connectivity index (χ1n) is 10.2. The van der Waals surface area contributed by atoms with Crippen molar-refractivity contribution in [2.75, 3.05) is 50.1 Å². The highest BCUT2D eigenvalue weighted by atomic mass is 16.5. The Hall–Kier alpha value is -2.73. The SMILES string of the molecule is CN1CCN(c2ccc(NC(=O)COc3cccc4c3OC(C)(C)C4)cc2)CC1. The number of ether oxygens (including phenoxy) is 2. The summed E-state index contributed by atoms with van der Waals surface area (Å²) in [5.74, 6) is 1.18. The van der Waals surface area contributed by atoms with Gasteiger partial charge in [0.25, 0.3) is 5.91 Å². The quantitative estimate of drug-likeness (QED) is 0.843. The van der Waals surface area contributed by atoms with E-state index in [4.69, 9.17) is 9.47 Å². The van der Waals surface area contributed by atoms with Gasteiger partial charge in [0.2, 0.25) is 0 Å². The Labute approximate surface area is 172 Å². The summed E-state index contributed by atoms with van der Waals surface area (Å²) in [6, 6.07) is 13.8. The van der Waals surface area contributed by atoms with Crippen LogP contribution in [0.15, 0.2) is 42.5 Å². The van der Waals surface area contributed by atoms with Crippen LogP contribution >= 0.6 is 0 Å². The van der Waals surface area contributed by atoms with Crippen molar-refractivity contribution in [3.8, 4) is 11.5 Å². The Kier molecular flexibility index (Phi) is 5.37. The number of hydrogen-bond acceptors (Lipinski definition) is 5. The van der Waals surface area contributed by atoms with E-state index in [0.29, 0.717) is 5.75 Å². The molecule has 0 unspecified atom stereocenters. The van der Waals surface area contributed by atoms with Gasteiger partial charge in [-0.2, -0.15) is 0 Å². The summed E-state index contributed by atoms with van der Waals surface area (Å²) in [5.41, 5.74) is 2.83. The lowest BCUT2D eigenvalue weighted by Gasteiger charge is -2.34. The van der Waals surface area contributed by atoms with Crippen molar-refractivity contribution in [1.82, 2.24) is 4.90 Å². The lowest BCUT2D eigenvalue weighted by atomic mass is 10.0. The van der Waals surface area contributed by atoms with Gasteiger partial charge < -0.3 is 24.6 Å². The largest absolute Gasteiger partial charge is 0.483 e. The van der Waals surface area contributed by atoms with E-state index in [2.05, 4.69) is 48.1 Å². The second kappa shape index (κ2) is 7.95. The Morgan fingerprint density at radius 1 is 1.10 bits per heavy atom.